The van der Waals surface area contributed by atoms with Crippen molar-refractivity contribution < 1.29 is 22.3 Å². The number of allylic oxidation sites excluding steroid dienone is 2. The molecule has 0 bridgehead atoms. The minimum absolute atomic E-state index is 0.0967. The maximum Gasteiger partial charge on any atom is 0.453 e. The second kappa shape index (κ2) is 9.78. The van der Waals surface area contributed by atoms with E-state index < -0.39 is 18.9 Å². The standard InChI is InChI=1S/C21H24F4N6O/c22-13-32-18-9-8-16(31-20(21(23,24)25)28-29-30-31)11-15(18)12-27-17-7-4-10-26-19(17)14-5-2-1-3-6-14/h1-3,5-6,11,17,19,26-27H,4,7-10,12-13H2/t17-,19-/m0/s1. The molecular formula is C21H24F4N6O. The monoisotopic (exact) mass is 452 g/mol. The summed E-state index contributed by atoms with van der Waals surface area (Å²) in [6, 6.07) is 10.2. The van der Waals surface area contributed by atoms with Crippen LogP contribution in [-0.2, 0) is 10.9 Å². The molecule has 1 aromatic heterocycles. The van der Waals surface area contributed by atoms with Gasteiger partial charge in [0, 0.05) is 36.3 Å². The number of hydrogen-bond donors (Lipinski definition) is 2. The third-order valence-corrected chi connectivity index (χ3v) is 5.70. The summed E-state index contributed by atoms with van der Waals surface area (Å²) in [4.78, 5) is 0. The molecule has 2 heterocycles. The van der Waals surface area contributed by atoms with Crippen LogP contribution in [0.15, 0.2) is 47.7 Å². The number of ether oxygens (including phenoxy) is 1. The third-order valence-electron chi connectivity index (χ3n) is 5.70. The van der Waals surface area contributed by atoms with Crippen LogP contribution in [0.5, 0.6) is 0 Å². The minimum atomic E-state index is -4.68. The average Bonchev–Trinajstić information content (AvgIpc) is 3.30. The van der Waals surface area contributed by atoms with Gasteiger partial charge in [0.2, 0.25) is 6.86 Å². The summed E-state index contributed by atoms with van der Waals surface area (Å²) in [7, 11) is 0. The first-order chi connectivity index (χ1) is 15.5. The van der Waals surface area contributed by atoms with Crippen LogP contribution in [0.4, 0.5) is 17.6 Å². The van der Waals surface area contributed by atoms with Gasteiger partial charge in [0.05, 0.1) is 0 Å². The summed E-state index contributed by atoms with van der Waals surface area (Å²) >= 11 is 0. The molecule has 0 spiro atoms. The molecule has 1 aromatic carbocycles. The van der Waals surface area contributed by atoms with Crippen LogP contribution in [0.25, 0.3) is 5.70 Å². The molecule has 172 valence electrons. The number of nitrogens with zero attached hydrogens (tertiary/aromatic N) is 4. The Morgan fingerprint density at radius 1 is 1.19 bits per heavy atom. The first kappa shape index (κ1) is 22.4. The van der Waals surface area contributed by atoms with Crippen molar-refractivity contribution in [3.63, 3.8) is 0 Å². The molecule has 2 aliphatic rings. The van der Waals surface area contributed by atoms with Crippen molar-refractivity contribution in [2.75, 3.05) is 20.0 Å². The molecule has 4 rings (SSSR count). The van der Waals surface area contributed by atoms with Gasteiger partial charge in [0.1, 0.15) is 5.76 Å². The molecule has 1 saturated heterocycles. The SMILES string of the molecule is FCOC1=C(CN[C@H]2CCCN[C@H]2c2ccccc2)C=C(n2nnnc2C(F)(F)F)CC1. The Bertz CT molecular complexity index is 972. The molecular weight excluding hydrogens is 428 g/mol. The molecule has 2 N–H and O–H groups in total. The van der Waals surface area contributed by atoms with Crippen molar-refractivity contribution in [3.8, 4) is 0 Å². The van der Waals surface area contributed by atoms with Crippen molar-refractivity contribution in [2.24, 2.45) is 0 Å². The lowest BCUT2D eigenvalue weighted by Crippen LogP contribution is -2.46. The molecule has 7 nitrogen and oxygen atoms in total. The van der Waals surface area contributed by atoms with E-state index in [2.05, 4.69) is 38.3 Å². The molecule has 0 unspecified atom stereocenters. The molecule has 32 heavy (non-hydrogen) atoms. The zero-order valence-electron chi connectivity index (χ0n) is 17.3. The second-order valence-corrected chi connectivity index (χ2v) is 7.72. The lowest BCUT2D eigenvalue weighted by Gasteiger charge is -2.34. The summed E-state index contributed by atoms with van der Waals surface area (Å²) in [6.45, 7) is 0.219. The number of halogens is 4. The van der Waals surface area contributed by atoms with E-state index in [1.54, 1.807) is 6.08 Å². The Morgan fingerprint density at radius 2 is 2.00 bits per heavy atom. The highest BCUT2D eigenvalue weighted by Crippen LogP contribution is 2.33. The van der Waals surface area contributed by atoms with E-state index in [9.17, 15) is 17.6 Å². The van der Waals surface area contributed by atoms with E-state index in [-0.39, 0.29) is 30.6 Å². The van der Waals surface area contributed by atoms with Gasteiger partial charge in [-0.1, -0.05) is 30.3 Å². The number of piperidine rings is 1. The molecule has 1 fully saturated rings. The fourth-order valence-corrected chi connectivity index (χ4v) is 4.22. The fourth-order valence-electron chi connectivity index (χ4n) is 4.22. The number of aromatic nitrogens is 4. The van der Waals surface area contributed by atoms with Gasteiger partial charge < -0.3 is 15.4 Å². The van der Waals surface area contributed by atoms with Gasteiger partial charge in [0.15, 0.2) is 0 Å². The van der Waals surface area contributed by atoms with Gasteiger partial charge in [-0.05, 0) is 47.9 Å². The van der Waals surface area contributed by atoms with Crippen molar-refractivity contribution >= 4 is 5.70 Å². The summed E-state index contributed by atoms with van der Waals surface area (Å²) in [6.07, 6.45) is -0.741. The Morgan fingerprint density at radius 3 is 2.75 bits per heavy atom. The number of nitrogens with one attached hydrogen (secondary N) is 2. The van der Waals surface area contributed by atoms with Crippen LogP contribution in [0.3, 0.4) is 0 Å². The van der Waals surface area contributed by atoms with E-state index in [4.69, 9.17) is 4.74 Å². The van der Waals surface area contributed by atoms with Crippen LogP contribution < -0.4 is 10.6 Å². The number of alkyl halides is 4. The smallest absolute Gasteiger partial charge is 0.453 e. The van der Waals surface area contributed by atoms with Crippen LogP contribution >= 0.6 is 0 Å². The fraction of sp³-hybridized carbons (Fsp3) is 0.476. The predicted octanol–water partition coefficient (Wildman–Crippen LogP) is 3.61. The largest absolute Gasteiger partial charge is 0.467 e. The number of benzene rings is 1. The highest BCUT2D eigenvalue weighted by atomic mass is 19.4. The zero-order valence-corrected chi connectivity index (χ0v) is 17.3. The second-order valence-electron chi connectivity index (χ2n) is 7.72. The van der Waals surface area contributed by atoms with E-state index in [0.29, 0.717) is 22.6 Å². The van der Waals surface area contributed by atoms with E-state index >= 15 is 0 Å². The molecule has 1 aliphatic carbocycles. The van der Waals surface area contributed by atoms with Gasteiger partial charge in [0.25, 0.3) is 5.82 Å². The quantitative estimate of drug-likeness (QED) is 0.626. The summed E-state index contributed by atoms with van der Waals surface area (Å²) < 4.78 is 58.5. The number of tetrazole rings is 1. The van der Waals surface area contributed by atoms with Crippen LogP contribution in [-0.4, -0.2) is 46.2 Å². The van der Waals surface area contributed by atoms with Gasteiger partial charge in [-0.3, -0.25) is 0 Å². The van der Waals surface area contributed by atoms with Gasteiger partial charge in [-0.2, -0.15) is 17.9 Å². The van der Waals surface area contributed by atoms with Crippen molar-refractivity contribution in [1.82, 2.24) is 30.8 Å². The molecule has 11 heteroatoms. The van der Waals surface area contributed by atoms with Crippen molar-refractivity contribution in [2.45, 2.75) is 43.9 Å². The Kier molecular flexibility index (Phi) is 6.85. The Balaban J connectivity index is 1.55. The van der Waals surface area contributed by atoms with E-state index in [1.807, 2.05) is 18.2 Å². The summed E-state index contributed by atoms with van der Waals surface area (Å²) in [5.41, 5.74) is 2.03. The topological polar surface area (TPSA) is 76.9 Å². The van der Waals surface area contributed by atoms with Crippen LogP contribution in [0, 0.1) is 0 Å². The molecule has 0 amide bonds. The van der Waals surface area contributed by atoms with Crippen molar-refractivity contribution in [1.29, 1.82) is 0 Å². The Hall–Kier alpha value is -2.79. The zero-order chi connectivity index (χ0) is 22.6. The molecule has 1 aliphatic heterocycles. The first-order valence-corrected chi connectivity index (χ1v) is 10.5. The molecule has 0 radical (unpaired) electrons. The van der Waals surface area contributed by atoms with E-state index in [0.717, 1.165) is 24.9 Å². The number of hydrogen-bond acceptors (Lipinski definition) is 6. The van der Waals surface area contributed by atoms with Crippen LogP contribution in [0.1, 0.15) is 43.1 Å². The maximum atomic E-state index is 13.2. The summed E-state index contributed by atoms with van der Waals surface area (Å²) in [5, 5.41) is 16.8. The summed E-state index contributed by atoms with van der Waals surface area (Å²) in [5.74, 6) is -0.767. The van der Waals surface area contributed by atoms with Crippen molar-refractivity contribution in [3.05, 3.63) is 59.1 Å². The third kappa shape index (κ3) is 4.99. The van der Waals surface area contributed by atoms with Gasteiger partial charge in [-0.15, -0.1) is 5.10 Å². The van der Waals surface area contributed by atoms with Crippen LogP contribution in [0.2, 0.25) is 0 Å². The molecule has 2 atom stereocenters. The molecule has 2 aromatic rings. The Labute approximate surface area is 182 Å². The first-order valence-electron chi connectivity index (χ1n) is 10.5. The van der Waals surface area contributed by atoms with E-state index in [1.165, 1.54) is 0 Å². The van der Waals surface area contributed by atoms with Gasteiger partial charge >= 0.3 is 6.18 Å². The highest BCUT2D eigenvalue weighted by Gasteiger charge is 2.39. The minimum Gasteiger partial charge on any atom is -0.467 e. The average molecular weight is 452 g/mol. The normalized spacial score (nSPS) is 22.1. The predicted molar refractivity (Wildman–Crippen MR) is 109 cm³/mol. The highest BCUT2D eigenvalue weighted by molar-refractivity contribution is 5.54. The number of rotatable bonds is 7. The lowest BCUT2D eigenvalue weighted by molar-refractivity contribution is -0.146. The molecule has 0 saturated carbocycles. The lowest BCUT2D eigenvalue weighted by atomic mass is 9.92. The maximum absolute atomic E-state index is 13.2. The van der Waals surface area contributed by atoms with Gasteiger partial charge in [-0.25, -0.2) is 4.39 Å².